The van der Waals surface area contributed by atoms with Crippen molar-refractivity contribution < 1.29 is 22.7 Å². The van der Waals surface area contributed by atoms with Crippen LogP contribution < -0.4 is 10.3 Å². The minimum absolute atomic E-state index is 0.0512. The number of nitrogens with zero attached hydrogens (tertiary/aromatic N) is 5. The number of carbonyl (C=O) groups excluding carboxylic acids is 1. The van der Waals surface area contributed by atoms with E-state index in [4.69, 9.17) is 14.8 Å². The van der Waals surface area contributed by atoms with Gasteiger partial charge in [-0.05, 0) is 60.9 Å². The number of halogens is 3. The number of aromatic nitrogens is 1. The Morgan fingerprint density at radius 3 is 2.50 bits per heavy atom. The number of hydrogen-bond donors (Lipinski definition) is 1. The monoisotopic (exact) mass is 640 g/mol. The minimum Gasteiger partial charge on any atom is -0.377 e. The highest BCUT2D eigenvalue weighted by atomic mass is 19.4. The Hall–Kier alpha value is -4.17. The number of alkyl halides is 3. The lowest BCUT2D eigenvalue weighted by Gasteiger charge is -2.27. The summed E-state index contributed by atoms with van der Waals surface area (Å²) in [6, 6.07) is 11.7. The first-order valence-corrected chi connectivity index (χ1v) is 15.7. The number of benzene rings is 1. The third-order valence-corrected chi connectivity index (χ3v) is 7.22. The van der Waals surface area contributed by atoms with E-state index in [1.54, 1.807) is 11.1 Å². The van der Waals surface area contributed by atoms with Gasteiger partial charge in [-0.1, -0.05) is 58.9 Å². The highest BCUT2D eigenvalue weighted by Gasteiger charge is 2.41. The second kappa shape index (κ2) is 19.4. The van der Waals surface area contributed by atoms with Crippen LogP contribution in [0.5, 0.6) is 0 Å². The standard InChI is InChI=1S/C19H22F3N3O.C14H21N3.C2H4O/c1-3-4-8-26-12-15-7-5-6-14-10-25(11-16(14)15)17-9-23-24-13(2)18(17)19(20,21)22;1-4-8-17(9-7-12(2)3)14-6-5-13(10-15)11-16-14;1-2-3/h5-7,9,24H,2-4,8,10-12H2,1H3;5-6,11-12H,4,7-9H2,1-3H3;2H,1H3. The van der Waals surface area contributed by atoms with Gasteiger partial charge in [0.05, 0.1) is 29.8 Å². The first-order valence-electron chi connectivity index (χ1n) is 15.7. The first-order chi connectivity index (χ1) is 22.0. The number of unbranched alkanes of at least 4 members (excludes halogenated alkanes) is 1. The largest absolute Gasteiger partial charge is 0.420 e. The molecule has 0 atom stereocenters. The van der Waals surface area contributed by atoms with Gasteiger partial charge in [-0.15, -0.1) is 0 Å². The number of aldehydes is 1. The van der Waals surface area contributed by atoms with E-state index in [1.165, 1.54) is 19.6 Å². The zero-order valence-corrected chi connectivity index (χ0v) is 27.7. The molecule has 0 radical (unpaired) electrons. The van der Waals surface area contributed by atoms with Crippen LogP contribution in [0.3, 0.4) is 0 Å². The summed E-state index contributed by atoms with van der Waals surface area (Å²) in [7, 11) is 0. The van der Waals surface area contributed by atoms with Gasteiger partial charge in [0.1, 0.15) is 23.7 Å². The average molecular weight is 641 g/mol. The number of allylic oxidation sites excluding steroid dienone is 2. The summed E-state index contributed by atoms with van der Waals surface area (Å²) in [6.45, 7) is 17.7. The van der Waals surface area contributed by atoms with E-state index in [-0.39, 0.29) is 11.4 Å². The van der Waals surface area contributed by atoms with Crippen LogP contribution in [0, 0.1) is 17.2 Å². The van der Waals surface area contributed by atoms with Gasteiger partial charge in [0.15, 0.2) is 0 Å². The number of rotatable bonds is 12. The van der Waals surface area contributed by atoms with Crippen molar-refractivity contribution in [2.75, 3.05) is 24.6 Å². The molecular formula is C35H47F3N6O2. The van der Waals surface area contributed by atoms with E-state index in [1.807, 2.05) is 30.3 Å². The predicted octanol–water partition coefficient (Wildman–Crippen LogP) is 7.66. The number of nitrogens with one attached hydrogen (secondary N) is 1. The van der Waals surface area contributed by atoms with Crippen molar-refractivity contribution in [3.63, 3.8) is 0 Å². The number of carbonyl (C=O) groups is 1. The summed E-state index contributed by atoms with van der Waals surface area (Å²) in [5.41, 5.74) is 5.08. The fraction of sp³-hybridized carbons (Fsp3) is 0.486. The van der Waals surface area contributed by atoms with Crippen LogP contribution in [0.2, 0.25) is 0 Å². The SMILES string of the molecule is C=C1NN=CC(N2Cc3cccc(COCCCC)c3C2)=C1C(F)(F)F.CC=O.CCCN(CCC(C)C)c1ccc(C#N)cn1. The van der Waals surface area contributed by atoms with Crippen LogP contribution in [-0.4, -0.2) is 48.3 Å². The molecule has 4 rings (SSSR count). The van der Waals surface area contributed by atoms with Gasteiger partial charge in [0.2, 0.25) is 0 Å². The van der Waals surface area contributed by atoms with Gasteiger partial charge in [-0.25, -0.2) is 4.98 Å². The number of pyridine rings is 1. The Morgan fingerprint density at radius 1 is 1.17 bits per heavy atom. The number of hydrazone groups is 1. The molecule has 11 heteroatoms. The molecule has 1 aromatic heterocycles. The van der Waals surface area contributed by atoms with Crippen molar-refractivity contribution in [3.8, 4) is 6.07 Å². The van der Waals surface area contributed by atoms with Crippen LogP contribution in [0.4, 0.5) is 19.0 Å². The fourth-order valence-corrected chi connectivity index (χ4v) is 4.89. The molecule has 8 nitrogen and oxygen atoms in total. The quantitative estimate of drug-likeness (QED) is 0.188. The molecule has 0 fully saturated rings. The Balaban J connectivity index is 0.000000318. The van der Waals surface area contributed by atoms with Crippen LogP contribution in [0.15, 0.2) is 65.2 Å². The Morgan fingerprint density at radius 2 is 1.91 bits per heavy atom. The van der Waals surface area contributed by atoms with Gasteiger partial charge in [0, 0.05) is 39.0 Å². The lowest BCUT2D eigenvalue weighted by Crippen LogP contribution is -2.31. The molecule has 3 heterocycles. The Labute approximate surface area is 271 Å². The zero-order chi connectivity index (χ0) is 34.1. The molecule has 0 amide bonds. The van der Waals surface area contributed by atoms with Crippen LogP contribution >= 0.6 is 0 Å². The van der Waals surface area contributed by atoms with E-state index in [0.29, 0.717) is 37.8 Å². The summed E-state index contributed by atoms with van der Waals surface area (Å²) in [5, 5.41) is 12.5. The van der Waals surface area contributed by atoms with Crippen LogP contribution in [-0.2, 0) is 29.2 Å². The third kappa shape index (κ3) is 11.6. The molecule has 250 valence electrons. The van der Waals surface area contributed by atoms with Crippen molar-refractivity contribution in [2.45, 2.75) is 86.2 Å². The molecule has 1 aromatic carbocycles. The zero-order valence-electron chi connectivity index (χ0n) is 27.7. The van der Waals surface area contributed by atoms with E-state index in [0.717, 1.165) is 61.1 Å². The number of ether oxygens (including phenoxy) is 1. The summed E-state index contributed by atoms with van der Waals surface area (Å²) in [5.74, 6) is 1.68. The van der Waals surface area contributed by atoms with Crippen molar-refractivity contribution >= 4 is 18.3 Å². The van der Waals surface area contributed by atoms with Crippen LogP contribution in [0.1, 0.15) is 82.6 Å². The third-order valence-electron chi connectivity index (χ3n) is 7.22. The molecule has 0 bridgehead atoms. The average Bonchev–Trinajstić information content (AvgIpc) is 3.47. The van der Waals surface area contributed by atoms with Crippen molar-refractivity contribution in [1.82, 2.24) is 15.3 Å². The molecule has 46 heavy (non-hydrogen) atoms. The topological polar surface area (TPSA) is 93.9 Å². The van der Waals surface area contributed by atoms with Crippen molar-refractivity contribution in [2.24, 2.45) is 11.0 Å². The molecule has 0 unspecified atom stereocenters. The lowest BCUT2D eigenvalue weighted by molar-refractivity contribution is -0.106. The highest BCUT2D eigenvalue weighted by molar-refractivity contribution is 5.82. The van der Waals surface area contributed by atoms with E-state index >= 15 is 0 Å². The number of fused-ring (bicyclic) bond motifs is 1. The van der Waals surface area contributed by atoms with Gasteiger partial charge >= 0.3 is 6.18 Å². The summed E-state index contributed by atoms with van der Waals surface area (Å²) in [4.78, 5) is 17.1. The molecular weight excluding hydrogens is 593 g/mol. The molecule has 1 N–H and O–H groups in total. The molecule has 2 aliphatic heterocycles. The van der Waals surface area contributed by atoms with E-state index < -0.39 is 11.7 Å². The van der Waals surface area contributed by atoms with Gasteiger partial charge in [0.25, 0.3) is 0 Å². The molecule has 0 spiro atoms. The smallest absolute Gasteiger partial charge is 0.377 e. The maximum absolute atomic E-state index is 13.5. The maximum Gasteiger partial charge on any atom is 0.420 e. The van der Waals surface area contributed by atoms with Crippen molar-refractivity contribution in [3.05, 3.63) is 82.3 Å². The summed E-state index contributed by atoms with van der Waals surface area (Å²) in [6.07, 6.45) is 3.46. The van der Waals surface area contributed by atoms with Gasteiger partial charge in [-0.3, -0.25) is 5.43 Å². The summed E-state index contributed by atoms with van der Waals surface area (Å²) >= 11 is 0. The second-order valence-corrected chi connectivity index (χ2v) is 11.3. The van der Waals surface area contributed by atoms with Crippen molar-refractivity contribution in [1.29, 1.82) is 5.26 Å². The fourth-order valence-electron chi connectivity index (χ4n) is 4.89. The van der Waals surface area contributed by atoms with E-state index in [2.05, 4.69) is 60.8 Å². The Kier molecular flexibility index (Phi) is 16.0. The second-order valence-electron chi connectivity index (χ2n) is 11.3. The molecule has 0 saturated heterocycles. The van der Waals surface area contributed by atoms with Crippen LogP contribution in [0.25, 0.3) is 0 Å². The number of nitriles is 1. The molecule has 0 aliphatic carbocycles. The normalized spacial score (nSPS) is 13.7. The van der Waals surface area contributed by atoms with Gasteiger partial charge < -0.3 is 19.3 Å². The number of anilines is 1. The van der Waals surface area contributed by atoms with E-state index in [9.17, 15) is 13.2 Å². The number of hydrogen-bond acceptors (Lipinski definition) is 8. The first kappa shape index (κ1) is 38.0. The van der Waals surface area contributed by atoms with Gasteiger partial charge in [-0.2, -0.15) is 23.5 Å². The lowest BCUT2D eigenvalue weighted by atomic mass is 10.0. The molecule has 2 aliphatic rings. The molecule has 0 saturated carbocycles. The highest BCUT2D eigenvalue weighted by Crippen LogP contribution is 2.37. The molecule has 2 aromatic rings. The maximum atomic E-state index is 13.5. The predicted molar refractivity (Wildman–Crippen MR) is 177 cm³/mol. The minimum atomic E-state index is -4.49. The summed E-state index contributed by atoms with van der Waals surface area (Å²) < 4.78 is 46.1. The Bertz CT molecular complexity index is 1360.